The second-order valence-electron chi connectivity index (χ2n) is 2.90. The van der Waals surface area contributed by atoms with Crippen LogP contribution < -0.4 is 5.73 Å². The zero-order valence-corrected chi connectivity index (χ0v) is 8.64. The van der Waals surface area contributed by atoms with Crippen LogP contribution in [0.1, 0.15) is 13.8 Å². The highest BCUT2D eigenvalue weighted by atomic mass is 32.2. The fourth-order valence-electron chi connectivity index (χ4n) is 0.654. The molecule has 0 saturated heterocycles. The average Bonchev–Trinajstić information content (AvgIpc) is 2.01. The number of thioether (sulfide) groups is 1. The zero-order chi connectivity index (χ0) is 9.40. The van der Waals surface area contributed by atoms with Gasteiger partial charge < -0.3 is 15.6 Å². The van der Waals surface area contributed by atoms with Crippen molar-refractivity contribution in [1.29, 1.82) is 0 Å². The molecule has 3 nitrogen and oxygen atoms in total. The number of rotatable bonds is 7. The zero-order valence-electron chi connectivity index (χ0n) is 7.82. The number of aliphatic hydroxyl groups excluding tert-OH is 1. The predicted molar refractivity (Wildman–Crippen MR) is 53.5 cm³/mol. The van der Waals surface area contributed by atoms with E-state index in [2.05, 4.69) is 0 Å². The first-order valence-electron chi connectivity index (χ1n) is 4.24. The third kappa shape index (κ3) is 8.33. The van der Waals surface area contributed by atoms with Crippen LogP contribution >= 0.6 is 11.8 Å². The van der Waals surface area contributed by atoms with E-state index in [0.717, 1.165) is 5.75 Å². The van der Waals surface area contributed by atoms with Gasteiger partial charge in [-0.1, -0.05) is 0 Å². The van der Waals surface area contributed by atoms with Crippen LogP contribution in [0.5, 0.6) is 0 Å². The maximum absolute atomic E-state index is 9.34. The largest absolute Gasteiger partial charge is 0.390 e. The van der Waals surface area contributed by atoms with E-state index in [0.29, 0.717) is 18.9 Å². The lowest BCUT2D eigenvalue weighted by Crippen LogP contribution is -2.21. The average molecular weight is 193 g/mol. The standard InChI is InChI=1S/C8H19NO2S/c1-7(2)11-5-8(10)6-12-4-3-9/h7-8,10H,3-6,9H2,1-2H3. The van der Waals surface area contributed by atoms with Crippen molar-refractivity contribution >= 4 is 11.8 Å². The highest BCUT2D eigenvalue weighted by Crippen LogP contribution is 2.02. The molecule has 0 spiro atoms. The van der Waals surface area contributed by atoms with Crippen molar-refractivity contribution in [2.24, 2.45) is 5.73 Å². The Kier molecular flexibility index (Phi) is 8.01. The van der Waals surface area contributed by atoms with Gasteiger partial charge in [0.15, 0.2) is 0 Å². The lowest BCUT2D eigenvalue weighted by molar-refractivity contribution is 0.0152. The Hall–Kier alpha value is 0.230. The minimum Gasteiger partial charge on any atom is -0.390 e. The van der Waals surface area contributed by atoms with E-state index in [1.54, 1.807) is 11.8 Å². The van der Waals surface area contributed by atoms with Gasteiger partial charge in [0.05, 0.1) is 18.8 Å². The second-order valence-corrected chi connectivity index (χ2v) is 4.05. The van der Waals surface area contributed by atoms with E-state index in [4.69, 9.17) is 10.5 Å². The van der Waals surface area contributed by atoms with E-state index >= 15 is 0 Å². The fraction of sp³-hybridized carbons (Fsp3) is 1.00. The Balaban J connectivity index is 3.15. The summed E-state index contributed by atoms with van der Waals surface area (Å²) in [4.78, 5) is 0. The molecule has 1 unspecified atom stereocenters. The number of ether oxygens (including phenoxy) is 1. The van der Waals surface area contributed by atoms with Crippen LogP contribution in [0.2, 0.25) is 0 Å². The number of hydrogen-bond acceptors (Lipinski definition) is 4. The Bertz CT molecular complexity index is 101. The van der Waals surface area contributed by atoms with E-state index in [1.165, 1.54) is 0 Å². The SMILES string of the molecule is CC(C)OCC(O)CSCCN. The minimum atomic E-state index is -0.357. The highest BCUT2D eigenvalue weighted by Gasteiger charge is 2.04. The van der Waals surface area contributed by atoms with E-state index in [1.807, 2.05) is 13.8 Å². The molecule has 0 amide bonds. The van der Waals surface area contributed by atoms with Crippen LogP contribution in [0, 0.1) is 0 Å². The molecule has 0 aliphatic rings. The molecule has 0 saturated carbocycles. The van der Waals surface area contributed by atoms with Gasteiger partial charge in [-0.25, -0.2) is 0 Å². The lowest BCUT2D eigenvalue weighted by Gasteiger charge is -2.12. The summed E-state index contributed by atoms with van der Waals surface area (Å²) in [6.45, 7) is 5.01. The molecule has 0 aromatic heterocycles. The quantitative estimate of drug-likeness (QED) is 0.577. The van der Waals surface area contributed by atoms with Crippen molar-refractivity contribution in [1.82, 2.24) is 0 Å². The molecule has 1 atom stereocenters. The molecule has 0 heterocycles. The molecule has 0 aromatic carbocycles. The van der Waals surface area contributed by atoms with Crippen molar-refractivity contribution in [2.45, 2.75) is 26.1 Å². The maximum atomic E-state index is 9.34. The molecule has 0 aromatic rings. The third-order valence-electron chi connectivity index (χ3n) is 1.19. The topological polar surface area (TPSA) is 55.5 Å². The van der Waals surface area contributed by atoms with Crippen LogP contribution in [-0.4, -0.2) is 42.0 Å². The summed E-state index contributed by atoms with van der Waals surface area (Å²) in [6.07, 6.45) is -0.164. The number of aliphatic hydroxyl groups is 1. The normalized spacial score (nSPS) is 13.8. The molecule has 0 aliphatic heterocycles. The van der Waals surface area contributed by atoms with Gasteiger partial charge in [-0.3, -0.25) is 0 Å². The first-order valence-corrected chi connectivity index (χ1v) is 5.39. The Labute approximate surface area is 78.7 Å². The van der Waals surface area contributed by atoms with Crippen molar-refractivity contribution < 1.29 is 9.84 Å². The fourth-order valence-corrected chi connectivity index (χ4v) is 1.36. The van der Waals surface area contributed by atoms with Gasteiger partial charge >= 0.3 is 0 Å². The first kappa shape index (κ1) is 12.2. The molecular formula is C8H19NO2S. The van der Waals surface area contributed by atoms with Crippen molar-refractivity contribution in [2.75, 3.05) is 24.7 Å². The summed E-state index contributed by atoms with van der Waals surface area (Å²) in [5.41, 5.74) is 5.30. The van der Waals surface area contributed by atoms with E-state index in [-0.39, 0.29) is 12.2 Å². The molecule has 0 fully saturated rings. The van der Waals surface area contributed by atoms with Gasteiger partial charge in [0.2, 0.25) is 0 Å². The smallest absolute Gasteiger partial charge is 0.0863 e. The molecule has 4 heteroatoms. The second kappa shape index (κ2) is 7.86. The molecule has 0 rings (SSSR count). The van der Waals surface area contributed by atoms with Crippen molar-refractivity contribution in [3.05, 3.63) is 0 Å². The summed E-state index contributed by atoms with van der Waals surface area (Å²) in [5.74, 6) is 1.61. The van der Waals surface area contributed by atoms with Crippen molar-refractivity contribution in [3.8, 4) is 0 Å². The number of nitrogens with two attached hydrogens (primary N) is 1. The molecular weight excluding hydrogens is 174 g/mol. The van der Waals surface area contributed by atoms with Crippen LogP contribution in [0.3, 0.4) is 0 Å². The monoisotopic (exact) mass is 193 g/mol. The molecule has 0 bridgehead atoms. The van der Waals surface area contributed by atoms with E-state index in [9.17, 15) is 5.11 Å². The predicted octanol–water partition coefficient (Wildman–Crippen LogP) is 0.464. The summed E-state index contributed by atoms with van der Waals surface area (Å²) in [5, 5.41) is 9.34. The molecule has 0 aliphatic carbocycles. The molecule has 74 valence electrons. The Morgan fingerprint density at radius 2 is 2.17 bits per heavy atom. The van der Waals surface area contributed by atoms with Crippen LogP contribution in [-0.2, 0) is 4.74 Å². The summed E-state index contributed by atoms with van der Waals surface area (Å²) >= 11 is 1.66. The Morgan fingerprint density at radius 3 is 2.67 bits per heavy atom. The molecule has 0 radical (unpaired) electrons. The first-order chi connectivity index (χ1) is 5.66. The van der Waals surface area contributed by atoms with Crippen LogP contribution in [0.25, 0.3) is 0 Å². The summed E-state index contributed by atoms with van der Waals surface area (Å²) in [6, 6.07) is 0. The minimum absolute atomic E-state index is 0.194. The Morgan fingerprint density at radius 1 is 1.50 bits per heavy atom. The van der Waals surface area contributed by atoms with E-state index < -0.39 is 0 Å². The lowest BCUT2D eigenvalue weighted by atomic mass is 10.4. The van der Waals surface area contributed by atoms with Gasteiger partial charge in [-0.15, -0.1) is 0 Å². The molecule has 12 heavy (non-hydrogen) atoms. The summed E-state index contributed by atoms with van der Waals surface area (Å²) in [7, 11) is 0. The van der Waals surface area contributed by atoms with Crippen molar-refractivity contribution in [3.63, 3.8) is 0 Å². The molecule has 3 N–H and O–H groups in total. The van der Waals surface area contributed by atoms with Crippen LogP contribution in [0.15, 0.2) is 0 Å². The van der Waals surface area contributed by atoms with Gasteiger partial charge in [0.1, 0.15) is 0 Å². The van der Waals surface area contributed by atoms with Crippen LogP contribution in [0.4, 0.5) is 0 Å². The van der Waals surface area contributed by atoms with Gasteiger partial charge in [-0.2, -0.15) is 11.8 Å². The summed E-state index contributed by atoms with van der Waals surface area (Å²) < 4.78 is 5.24. The van der Waals surface area contributed by atoms with Gasteiger partial charge in [0.25, 0.3) is 0 Å². The maximum Gasteiger partial charge on any atom is 0.0863 e. The van der Waals surface area contributed by atoms with Gasteiger partial charge in [0, 0.05) is 18.1 Å². The highest BCUT2D eigenvalue weighted by molar-refractivity contribution is 7.99. The van der Waals surface area contributed by atoms with Gasteiger partial charge in [-0.05, 0) is 13.8 Å². The third-order valence-corrected chi connectivity index (χ3v) is 2.34. The number of hydrogen-bond donors (Lipinski definition) is 2.